The fourth-order valence-corrected chi connectivity index (χ4v) is 3.21. The van der Waals surface area contributed by atoms with Gasteiger partial charge in [-0.15, -0.1) is 0 Å². The molecule has 0 aromatic heterocycles. The number of hydrogen-bond acceptors (Lipinski definition) is 2. The third-order valence-electron chi connectivity index (χ3n) is 4.55. The second-order valence-corrected chi connectivity index (χ2v) is 6.71. The summed E-state index contributed by atoms with van der Waals surface area (Å²) in [6.45, 7) is 8.64. The van der Waals surface area contributed by atoms with Gasteiger partial charge in [0, 0.05) is 19.1 Å². The minimum Gasteiger partial charge on any atom is -0.393 e. The van der Waals surface area contributed by atoms with Crippen molar-refractivity contribution in [1.82, 2.24) is 4.90 Å². The van der Waals surface area contributed by atoms with E-state index >= 15 is 0 Å². The predicted molar refractivity (Wildman–Crippen MR) is 80.3 cm³/mol. The molecule has 1 aliphatic rings. The molecular formula is C17H26FNO. The molecule has 0 amide bonds. The van der Waals surface area contributed by atoms with E-state index < -0.39 is 0 Å². The number of aliphatic hydroxyl groups excluding tert-OH is 1. The Hall–Kier alpha value is -0.930. The smallest absolute Gasteiger partial charge is 0.123 e. The summed E-state index contributed by atoms with van der Waals surface area (Å²) in [6.07, 6.45) is 2.67. The van der Waals surface area contributed by atoms with Gasteiger partial charge in [0.15, 0.2) is 0 Å². The fourth-order valence-electron chi connectivity index (χ4n) is 3.21. The van der Waals surface area contributed by atoms with Crippen LogP contribution in [0.5, 0.6) is 0 Å². The molecule has 1 aromatic rings. The molecule has 1 N–H and O–H groups in total. The number of benzene rings is 1. The van der Waals surface area contributed by atoms with Gasteiger partial charge in [0.1, 0.15) is 5.82 Å². The third-order valence-corrected chi connectivity index (χ3v) is 4.55. The number of piperidine rings is 1. The van der Waals surface area contributed by atoms with E-state index in [-0.39, 0.29) is 17.3 Å². The summed E-state index contributed by atoms with van der Waals surface area (Å²) in [7, 11) is 0. The maximum atomic E-state index is 13.0. The van der Waals surface area contributed by atoms with Crippen molar-refractivity contribution < 1.29 is 9.50 Å². The largest absolute Gasteiger partial charge is 0.393 e. The van der Waals surface area contributed by atoms with E-state index in [0.717, 1.165) is 32.4 Å². The quantitative estimate of drug-likeness (QED) is 0.913. The van der Waals surface area contributed by atoms with Crippen LogP contribution in [-0.4, -0.2) is 35.2 Å². The molecule has 2 rings (SSSR count). The van der Waals surface area contributed by atoms with Gasteiger partial charge in [-0.3, -0.25) is 0 Å². The summed E-state index contributed by atoms with van der Waals surface area (Å²) in [5.74, 6) is -0.178. The Morgan fingerprint density at radius 1 is 1.25 bits per heavy atom. The van der Waals surface area contributed by atoms with Crippen LogP contribution in [0.3, 0.4) is 0 Å². The van der Waals surface area contributed by atoms with E-state index in [4.69, 9.17) is 0 Å². The molecule has 1 aromatic carbocycles. The monoisotopic (exact) mass is 279 g/mol. The van der Waals surface area contributed by atoms with Crippen LogP contribution < -0.4 is 0 Å². The molecule has 20 heavy (non-hydrogen) atoms. The first-order valence-electron chi connectivity index (χ1n) is 7.56. The highest BCUT2D eigenvalue weighted by Crippen LogP contribution is 2.30. The summed E-state index contributed by atoms with van der Waals surface area (Å²) in [5.41, 5.74) is 1.21. The Labute approximate surface area is 121 Å². The highest BCUT2D eigenvalue weighted by atomic mass is 19.1. The van der Waals surface area contributed by atoms with Gasteiger partial charge in [-0.1, -0.05) is 26.0 Å². The van der Waals surface area contributed by atoms with Crippen LogP contribution in [0.2, 0.25) is 0 Å². The molecule has 1 aliphatic heterocycles. The van der Waals surface area contributed by atoms with Gasteiger partial charge in [0.2, 0.25) is 0 Å². The molecule has 0 spiro atoms. The van der Waals surface area contributed by atoms with Gasteiger partial charge in [-0.25, -0.2) is 4.39 Å². The summed E-state index contributed by atoms with van der Waals surface area (Å²) >= 11 is 0. The minimum absolute atomic E-state index is 0.0309. The van der Waals surface area contributed by atoms with Crippen molar-refractivity contribution in [2.24, 2.45) is 0 Å². The van der Waals surface area contributed by atoms with Crippen LogP contribution in [-0.2, 0) is 5.41 Å². The van der Waals surface area contributed by atoms with Crippen molar-refractivity contribution in [2.75, 3.05) is 13.1 Å². The topological polar surface area (TPSA) is 23.5 Å². The number of aliphatic hydroxyl groups is 1. The predicted octanol–water partition coefficient (Wildman–Crippen LogP) is 3.34. The number of halogens is 1. The minimum atomic E-state index is -0.178. The molecule has 1 unspecified atom stereocenters. The number of rotatable bonds is 4. The van der Waals surface area contributed by atoms with E-state index in [9.17, 15) is 9.50 Å². The zero-order chi connectivity index (χ0) is 14.8. The summed E-state index contributed by atoms with van der Waals surface area (Å²) < 4.78 is 13.0. The van der Waals surface area contributed by atoms with Gasteiger partial charge < -0.3 is 10.0 Å². The van der Waals surface area contributed by atoms with Crippen molar-refractivity contribution in [1.29, 1.82) is 0 Å². The number of hydrogen-bond donors (Lipinski definition) is 1. The molecule has 0 saturated carbocycles. The second kappa shape index (κ2) is 6.23. The molecule has 1 heterocycles. The van der Waals surface area contributed by atoms with Crippen LogP contribution in [0.4, 0.5) is 4.39 Å². The van der Waals surface area contributed by atoms with Crippen LogP contribution in [0.1, 0.15) is 45.6 Å². The Kier molecular flexibility index (Phi) is 4.82. The van der Waals surface area contributed by atoms with Crippen molar-refractivity contribution in [3.8, 4) is 0 Å². The first-order valence-corrected chi connectivity index (χ1v) is 7.56. The average molecular weight is 279 g/mol. The molecule has 1 saturated heterocycles. The molecule has 3 heteroatoms. The lowest BCUT2D eigenvalue weighted by Crippen LogP contribution is -2.43. The highest BCUT2D eigenvalue weighted by molar-refractivity contribution is 5.24. The lowest BCUT2D eigenvalue weighted by atomic mass is 9.79. The summed E-state index contributed by atoms with van der Waals surface area (Å²) in [4.78, 5) is 2.46. The van der Waals surface area contributed by atoms with E-state index in [1.807, 2.05) is 12.1 Å². The van der Waals surface area contributed by atoms with Crippen LogP contribution in [0.25, 0.3) is 0 Å². The molecule has 0 aliphatic carbocycles. The van der Waals surface area contributed by atoms with Gasteiger partial charge in [-0.2, -0.15) is 0 Å². The van der Waals surface area contributed by atoms with E-state index in [1.165, 1.54) is 5.56 Å². The number of likely N-dealkylation sites (tertiary alicyclic amines) is 1. The molecule has 2 nitrogen and oxygen atoms in total. The van der Waals surface area contributed by atoms with E-state index in [0.29, 0.717) is 6.04 Å². The maximum Gasteiger partial charge on any atom is 0.123 e. The maximum absolute atomic E-state index is 13.0. The highest BCUT2D eigenvalue weighted by Gasteiger charge is 2.28. The zero-order valence-electron chi connectivity index (χ0n) is 12.8. The van der Waals surface area contributed by atoms with Gasteiger partial charge in [0.25, 0.3) is 0 Å². The molecular weight excluding hydrogens is 253 g/mol. The van der Waals surface area contributed by atoms with Gasteiger partial charge in [-0.05, 0) is 49.3 Å². The van der Waals surface area contributed by atoms with E-state index in [2.05, 4.69) is 25.7 Å². The van der Waals surface area contributed by atoms with Crippen molar-refractivity contribution in [3.63, 3.8) is 0 Å². The third kappa shape index (κ3) is 3.80. The van der Waals surface area contributed by atoms with Crippen LogP contribution >= 0.6 is 0 Å². The SMILES string of the molecule is CC(CC(C)(C)c1ccc(F)cc1)N1CCC(O)CC1. The van der Waals surface area contributed by atoms with Crippen LogP contribution in [0.15, 0.2) is 24.3 Å². The summed E-state index contributed by atoms with van der Waals surface area (Å²) in [5, 5.41) is 9.58. The molecule has 112 valence electrons. The standard InChI is InChI=1S/C17H26FNO/c1-13(19-10-8-16(20)9-11-19)12-17(2,3)14-4-6-15(18)7-5-14/h4-7,13,16,20H,8-12H2,1-3H3. The molecule has 1 atom stereocenters. The van der Waals surface area contributed by atoms with Crippen molar-refractivity contribution in [2.45, 2.75) is 57.6 Å². The Morgan fingerprint density at radius 2 is 1.80 bits per heavy atom. The lowest BCUT2D eigenvalue weighted by Gasteiger charge is -2.38. The molecule has 0 bridgehead atoms. The van der Waals surface area contributed by atoms with Gasteiger partial charge in [0.05, 0.1) is 6.10 Å². The Bertz CT molecular complexity index is 421. The van der Waals surface area contributed by atoms with Crippen molar-refractivity contribution in [3.05, 3.63) is 35.6 Å². The summed E-state index contributed by atoms with van der Waals surface area (Å²) in [6, 6.07) is 7.34. The van der Waals surface area contributed by atoms with Crippen molar-refractivity contribution >= 4 is 0 Å². The second-order valence-electron chi connectivity index (χ2n) is 6.71. The zero-order valence-corrected chi connectivity index (χ0v) is 12.8. The van der Waals surface area contributed by atoms with Crippen LogP contribution in [0, 0.1) is 5.82 Å². The van der Waals surface area contributed by atoms with E-state index in [1.54, 1.807) is 12.1 Å². The Morgan fingerprint density at radius 3 is 2.35 bits per heavy atom. The number of nitrogens with zero attached hydrogens (tertiary/aromatic N) is 1. The fraction of sp³-hybridized carbons (Fsp3) is 0.647. The lowest BCUT2D eigenvalue weighted by molar-refractivity contribution is 0.0580. The first-order chi connectivity index (χ1) is 9.38. The Balaban J connectivity index is 1.98. The normalized spacial score (nSPS) is 20.1. The average Bonchev–Trinajstić information content (AvgIpc) is 2.39. The molecule has 0 radical (unpaired) electrons. The first kappa shape index (κ1) is 15.5. The molecule has 1 fully saturated rings. The van der Waals surface area contributed by atoms with Gasteiger partial charge >= 0.3 is 0 Å².